The number of hydrogen-bond donors (Lipinski definition) is 2. The van der Waals surface area contributed by atoms with Crippen molar-refractivity contribution in [3.05, 3.63) is 29.8 Å². The molecule has 2 atom stereocenters. The van der Waals surface area contributed by atoms with Gasteiger partial charge in [0.05, 0.1) is 6.61 Å². The predicted molar refractivity (Wildman–Crippen MR) is 106 cm³/mol. The van der Waals surface area contributed by atoms with Crippen molar-refractivity contribution in [3.8, 4) is 0 Å². The molecule has 7 heteroatoms. The van der Waals surface area contributed by atoms with Crippen LogP contribution in [0.3, 0.4) is 0 Å². The molecule has 152 valence electrons. The number of benzene rings is 1. The topological polar surface area (TPSA) is 87.7 Å². The first kappa shape index (κ1) is 20.3. The van der Waals surface area contributed by atoms with Crippen LogP contribution in [0.2, 0.25) is 0 Å². The van der Waals surface area contributed by atoms with Crippen molar-refractivity contribution >= 4 is 23.5 Å². The highest BCUT2D eigenvalue weighted by molar-refractivity contribution is 6.37. The summed E-state index contributed by atoms with van der Waals surface area (Å²) >= 11 is 0. The minimum atomic E-state index is -0.938. The molecule has 2 unspecified atom stereocenters. The summed E-state index contributed by atoms with van der Waals surface area (Å²) < 4.78 is 4.67. The van der Waals surface area contributed by atoms with Gasteiger partial charge in [0, 0.05) is 23.8 Å². The number of nitrogens with zero attached hydrogens (tertiary/aromatic N) is 1. The molecule has 0 aliphatic carbocycles. The van der Waals surface area contributed by atoms with E-state index in [0.29, 0.717) is 29.8 Å². The van der Waals surface area contributed by atoms with Crippen LogP contribution in [-0.4, -0.2) is 55.0 Å². The van der Waals surface area contributed by atoms with Crippen LogP contribution in [0, 0.1) is 5.92 Å². The van der Waals surface area contributed by atoms with Gasteiger partial charge in [0.15, 0.2) is 0 Å². The van der Waals surface area contributed by atoms with E-state index in [1.54, 1.807) is 31.2 Å². The first-order valence-electron chi connectivity index (χ1n) is 10.2. The molecule has 0 aromatic heterocycles. The zero-order chi connectivity index (χ0) is 19.9. The van der Waals surface area contributed by atoms with Gasteiger partial charge in [-0.15, -0.1) is 0 Å². The molecule has 0 saturated carbocycles. The third-order valence-electron chi connectivity index (χ3n) is 5.60. The highest BCUT2D eigenvalue weighted by Gasteiger charge is 2.32. The van der Waals surface area contributed by atoms with Gasteiger partial charge in [-0.25, -0.2) is 4.79 Å². The molecule has 1 aromatic carbocycles. The van der Waals surface area contributed by atoms with Gasteiger partial charge in [-0.1, -0.05) is 12.5 Å². The number of hydrogen-bond acceptors (Lipinski definition) is 5. The monoisotopic (exact) mass is 387 g/mol. The van der Waals surface area contributed by atoms with Crippen molar-refractivity contribution < 1.29 is 19.1 Å². The van der Waals surface area contributed by atoms with Crippen molar-refractivity contribution in [2.75, 3.05) is 31.6 Å². The molecule has 0 spiro atoms. The fourth-order valence-corrected chi connectivity index (χ4v) is 4.26. The number of anilines is 1. The fraction of sp³-hybridized carbons (Fsp3) is 0.571. The molecule has 0 bridgehead atoms. The maximum Gasteiger partial charge on any atom is 0.397 e. The molecule has 2 fully saturated rings. The molecule has 1 aromatic rings. The Morgan fingerprint density at radius 3 is 2.79 bits per heavy atom. The van der Waals surface area contributed by atoms with E-state index >= 15 is 0 Å². The SMILES string of the molecule is CCOC(=O)C(=O)Nc1cccc(C(=O)NCC2CCCN3CCCCC23)c1. The summed E-state index contributed by atoms with van der Waals surface area (Å²) in [6.07, 6.45) is 6.10. The average Bonchev–Trinajstić information content (AvgIpc) is 2.72. The van der Waals surface area contributed by atoms with Crippen LogP contribution in [0.25, 0.3) is 0 Å². The maximum atomic E-state index is 12.6. The summed E-state index contributed by atoms with van der Waals surface area (Å²) in [6, 6.07) is 7.16. The zero-order valence-electron chi connectivity index (χ0n) is 16.4. The lowest BCUT2D eigenvalue weighted by molar-refractivity contribution is -0.152. The number of piperidine rings is 2. The number of esters is 1. The Labute approximate surface area is 165 Å². The summed E-state index contributed by atoms with van der Waals surface area (Å²) in [5.41, 5.74) is 0.847. The Hall–Kier alpha value is -2.41. The van der Waals surface area contributed by atoms with Crippen LogP contribution in [0.5, 0.6) is 0 Å². The van der Waals surface area contributed by atoms with Gasteiger partial charge in [0.1, 0.15) is 0 Å². The first-order chi connectivity index (χ1) is 13.6. The highest BCUT2D eigenvalue weighted by Crippen LogP contribution is 2.30. The number of nitrogens with one attached hydrogen (secondary N) is 2. The van der Waals surface area contributed by atoms with E-state index in [-0.39, 0.29) is 12.5 Å². The van der Waals surface area contributed by atoms with E-state index in [9.17, 15) is 14.4 Å². The van der Waals surface area contributed by atoms with E-state index in [0.717, 1.165) is 6.42 Å². The van der Waals surface area contributed by atoms with Crippen molar-refractivity contribution in [3.63, 3.8) is 0 Å². The van der Waals surface area contributed by atoms with Crippen LogP contribution >= 0.6 is 0 Å². The van der Waals surface area contributed by atoms with E-state index in [1.165, 1.54) is 38.8 Å². The summed E-state index contributed by atoms with van der Waals surface area (Å²) in [5, 5.41) is 5.52. The minimum absolute atomic E-state index is 0.133. The van der Waals surface area contributed by atoms with Gasteiger partial charge in [0.25, 0.3) is 5.91 Å². The molecule has 2 aliphatic heterocycles. The molecule has 2 N–H and O–H groups in total. The molecule has 2 aliphatic rings. The Balaban J connectivity index is 1.55. The minimum Gasteiger partial charge on any atom is -0.459 e. The average molecular weight is 387 g/mol. The van der Waals surface area contributed by atoms with Gasteiger partial charge < -0.3 is 20.3 Å². The second-order valence-electron chi connectivity index (χ2n) is 7.47. The van der Waals surface area contributed by atoms with Crippen LogP contribution in [0.15, 0.2) is 24.3 Å². The molecular weight excluding hydrogens is 358 g/mol. The molecule has 2 amide bonds. The van der Waals surface area contributed by atoms with Crippen LogP contribution in [0.4, 0.5) is 5.69 Å². The highest BCUT2D eigenvalue weighted by atomic mass is 16.5. The van der Waals surface area contributed by atoms with Gasteiger partial charge in [-0.05, 0) is 69.8 Å². The van der Waals surface area contributed by atoms with E-state index in [4.69, 9.17) is 0 Å². The van der Waals surface area contributed by atoms with Crippen molar-refractivity contribution in [1.29, 1.82) is 0 Å². The standard InChI is InChI=1S/C21H29N3O4/c1-2-28-21(27)20(26)23-17-9-5-7-15(13-17)19(25)22-14-16-8-6-12-24-11-4-3-10-18(16)24/h5,7,9,13,16,18H,2-4,6,8,10-12,14H2,1H3,(H,22,25)(H,23,26). The predicted octanol–water partition coefficient (Wildman–Crippen LogP) is 2.18. The van der Waals surface area contributed by atoms with Crippen molar-refractivity contribution in [2.24, 2.45) is 5.92 Å². The molecule has 28 heavy (non-hydrogen) atoms. The molecule has 7 nitrogen and oxygen atoms in total. The number of carbonyl (C=O) groups is 3. The van der Waals surface area contributed by atoms with Gasteiger partial charge >= 0.3 is 11.9 Å². The van der Waals surface area contributed by atoms with E-state index in [2.05, 4.69) is 20.3 Å². The smallest absolute Gasteiger partial charge is 0.397 e. The maximum absolute atomic E-state index is 12.6. The largest absolute Gasteiger partial charge is 0.459 e. The lowest BCUT2D eigenvalue weighted by Gasteiger charge is -2.44. The van der Waals surface area contributed by atoms with Gasteiger partial charge in [-0.2, -0.15) is 0 Å². The van der Waals surface area contributed by atoms with Crippen LogP contribution in [0.1, 0.15) is 49.4 Å². The number of fused-ring (bicyclic) bond motifs is 1. The summed E-state index contributed by atoms with van der Waals surface area (Å²) in [6.45, 7) is 4.79. The van der Waals surface area contributed by atoms with E-state index < -0.39 is 11.9 Å². The number of carbonyl (C=O) groups excluding carboxylic acids is 3. The molecule has 3 rings (SSSR count). The summed E-state index contributed by atoms with van der Waals surface area (Å²) in [5.74, 6) is -1.46. The Kier molecular flexibility index (Phi) is 7.03. The Morgan fingerprint density at radius 2 is 1.96 bits per heavy atom. The van der Waals surface area contributed by atoms with Gasteiger partial charge in [0.2, 0.25) is 0 Å². The number of rotatable bonds is 5. The number of ether oxygens (including phenoxy) is 1. The van der Waals surface area contributed by atoms with Crippen molar-refractivity contribution in [1.82, 2.24) is 10.2 Å². The molecular formula is C21H29N3O4. The second kappa shape index (κ2) is 9.68. The molecule has 2 saturated heterocycles. The lowest BCUT2D eigenvalue weighted by Crippen LogP contribution is -2.51. The van der Waals surface area contributed by atoms with Crippen molar-refractivity contribution in [2.45, 2.75) is 45.1 Å². The zero-order valence-corrected chi connectivity index (χ0v) is 16.4. The molecule has 2 heterocycles. The lowest BCUT2D eigenvalue weighted by atomic mass is 9.83. The fourth-order valence-electron chi connectivity index (χ4n) is 4.26. The Morgan fingerprint density at radius 1 is 1.14 bits per heavy atom. The second-order valence-corrected chi connectivity index (χ2v) is 7.47. The van der Waals surface area contributed by atoms with Crippen LogP contribution in [-0.2, 0) is 14.3 Å². The summed E-state index contributed by atoms with van der Waals surface area (Å²) in [7, 11) is 0. The van der Waals surface area contributed by atoms with Gasteiger partial charge in [-0.3, -0.25) is 9.59 Å². The third kappa shape index (κ3) is 5.10. The first-order valence-corrected chi connectivity index (χ1v) is 10.2. The third-order valence-corrected chi connectivity index (χ3v) is 5.60. The molecule has 0 radical (unpaired) electrons. The normalized spacial score (nSPS) is 22.0. The summed E-state index contributed by atoms with van der Waals surface area (Å²) in [4.78, 5) is 38.4. The quantitative estimate of drug-likeness (QED) is 0.597. The van der Waals surface area contributed by atoms with E-state index in [1.807, 2.05) is 0 Å². The Bertz CT molecular complexity index is 719. The number of amides is 2. The van der Waals surface area contributed by atoms with Crippen LogP contribution < -0.4 is 10.6 Å².